The van der Waals surface area contributed by atoms with E-state index in [2.05, 4.69) is 9.43 Å². The summed E-state index contributed by atoms with van der Waals surface area (Å²) in [5.74, 6) is 0. The molecular formula is CH4N4O2S. The van der Waals surface area contributed by atoms with Crippen LogP contribution in [0.5, 0.6) is 0 Å². The fourth-order valence-electron chi connectivity index (χ4n) is 0.0889. The van der Waals surface area contributed by atoms with E-state index in [-0.39, 0.29) is 0 Å². The summed E-state index contributed by atoms with van der Waals surface area (Å²) < 4.78 is 24.3. The minimum absolute atomic E-state index is 1.16. The third-order valence-electron chi connectivity index (χ3n) is 0.402. The summed E-state index contributed by atoms with van der Waals surface area (Å²) in [5.41, 5.74) is 7.57. The third-order valence-corrected chi connectivity index (χ3v) is 1.21. The highest BCUT2D eigenvalue weighted by Gasteiger charge is 1.97. The molecule has 0 aromatic rings. The van der Waals surface area contributed by atoms with Crippen LogP contribution in [0.3, 0.4) is 0 Å². The standard InChI is InChI=1S/CH4N4O2S/c1-3-8(6,7)5-4-2/h3H,1H3. The zero-order valence-electron chi connectivity index (χ0n) is 4.07. The maximum absolute atomic E-state index is 10.1. The van der Waals surface area contributed by atoms with E-state index < -0.39 is 10.2 Å². The molecule has 0 aliphatic heterocycles. The lowest BCUT2D eigenvalue weighted by Crippen LogP contribution is -2.13. The van der Waals surface area contributed by atoms with Gasteiger partial charge in [0, 0.05) is 9.43 Å². The van der Waals surface area contributed by atoms with Crippen molar-refractivity contribution < 1.29 is 8.42 Å². The molecule has 0 aromatic heterocycles. The van der Waals surface area contributed by atoms with Gasteiger partial charge in [0.1, 0.15) is 0 Å². The van der Waals surface area contributed by atoms with Gasteiger partial charge in [0.2, 0.25) is 0 Å². The molecule has 8 heavy (non-hydrogen) atoms. The van der Waals surface area contributed by atoms with Crippen LogP contribution >= 0.6 is 0 Å². The molecule has 0 atom stereocenters. The normalized spacial score (nSPS) is 10.1. The van der Waals surface area contributed by atoms with Crippen molar-refractivity contribution in [2.45, 2.75) is 0 Å². The highest BCUT2D eigenvalue weighted by Crippen LogP contribution is 1.80. The predicted molar refractivity (Wildman–Crippen MR) is 27.1 cm³/mol. The van der Waals surface area contributed by atoms with Crippen molar-refractivity contribution in [3.8, 4) is 0 Å². The van der Waals surface area contributed by atoms with Gasteiger partial charge in [0.05, 0.1) is 0 Å². The second kappa shape index (κ2) is 2.51. The first-order chi connectivity index (χ1) is 3.62. The first-order valence-corrected chi connectivity index (χ1v) is 3.06. The Labute approximate surface area is 46.3 Å². The Bertz CT molecular complexity index is 198. The average Bonchev–Trinajstić information content (AvgIpc) is 1.67. The minimum Gasteiger partial charge on any atom is -0.212 e. The topological polar surface area (TPSA) is 94.9 Å². The summed E-state index contributed by atoms with van der Waals surface area (Å²) in [6.07, 6.45) is 0. The van der Waals surface area contributed by atoms with Gasteiger partial charge in [0.25, 0.3) is 10.2 Å². The van der Waals surface area contributed by atoms with Crippen molar-refractivity contribution in [1.82, 2.24) is 4.72 Å². The van der Waals surface area contributed by atoms with Crippen molar-refractivity contribution in [3.63, 3.8) is 0 Å². The molecule has 0 heterocycles. The van der Waals surface area contributed by atoms with Crippen molar-refractivity contribution in [1.29, 1.82) is 0 Å². The SMILES string of the molecule is CNS(=O)(=O)N=[N+]=[N-]. The van der Waals surface area contributed by atoms with Crippen LogP contribution in [-0.4, -0.2) is 15.5 Å². The first kappa shape index (κ1) is 7.22. The lowest BCUT2D eigenvalue weighted by molar-refractivity contribution is 0.589. The molecule has 0 bridgehead atoms. The molecule has 0 unspecified atom stereocenters. The van der Waals surface area contributed by atoms with E-state index in [9.17, 15) is 8.42 Å². The molecule has 46 valence electrons. The summed E-state index contributed by atoms with van der Waals surface area (Å²) in [7, 11) is -2.55. The number of hydrogen-bond acceptors (Lipinski definition) is 2. The lowest BCUT2D eigenvalue weighted by Gasteiger charge is -1.85. The van der Waals surface area contributed by atoms with E-state index in [0.717, 1.165) is 7.05 Å². The first-order valence-electron chi connectivity index (χ1n) is 1.62. The van der Waals surface area contributed by atoms with Gasteiger partial charge in [-0.05, 0) is 12.6 Å². The molecule has 0 saturated carbocycles. The Morgan fingerprint density at radius 1 is 1.75 bits per heavy atom. The molecule has 1 N–H and O–H groups in total. The third kappa shape index (κ3) is 2.40. The number of nitrogens with zero attached hydrogens (tertiary/aromatic N) is 3. The van der Waals surface area contributed by atoms with Crippen molar-refractivity contribution in [2.24, 2.45) is 4.52 Å². The fourth-order valence-corrected chi connectivity index (χ4v) is 0.267. The van der Waals surface area contributed by atoms with E-state index in [0.29, 0.717) is 0 Å². The van der Waals surface area contributed by atoms with E-state index in [1.165, 1.54) is 0 Å². The van der Waals surface area contributed by atoms with Gasteiger partial charge in [-0.15, -0.1) is 0 Å². The van der Waals surface area contributed by atoms with Crippen molar-refractivity contribution in [2.75, 3.05) is 7.05 Å². The van der Waals surface area contributed by atoms with Gasteiger partial charge in [-0.1, -0.05) is 0 Å². The Morgan fingerprint density at radius 2 is 2.25 bits per heavy atom. The van der Waals surface area contributed by atoms with Crippen LogP contribution in [0, 0.1) is 0 Å². The van der Waals surface area contributed by atoms with Gasteiger partial charge in [-0.25, -0.2) is 13.1 Å². The number of rotatable bonds is 2. The second-order valence-electron chi connectivity index (χ2n) is 0.850. The summed E-state index contributed by atoms with van der Waals surface area (Å²) in [6.45, 7) is 0. The van der Waals surface area contributed by atoms with Crippen LogP contribution in [0.1, 0.15) is 0 Å². The lowest BCUT2D eigenvalue weighted by atomic mass is 11.6. The van der Waals surface area contributed by atoms with Crippen LogP contribution in [0.2, 0.25) is 0 Å². The van der Waals surface area contributed by atoms with Crippen LogP contribution in [-0.2, 0) is 10.2 Å². The number of hydrogen-bond donors (Lipinski definition) is 1. The van der Waals surface area contributed by atoms with E-state index in [1.54, 1.807) is 4.72 Å². The second-order valence-corrected chi connectivity index (χ2v) is 2.37. The smallest absolute Gasteiger partial charge is 0.212 e. The molecule has 7 heteroatoms. The highest BCUT2D eigenvalue weighted by molar-refractivity contribution is 7.88. The molecule has 0 aliphatic carbocycles. The quantitative estimate of drug-likeness (QED) is 0.322. The molecule has 0 radical (unpaired) electrons. The summed E-state index contributed by atoms with van der Waals surface area (Å²) >= 11 is 0. The molecular weight excluding hydrogens is 132 g/mol. The Kier molecular flexibility index (Phi) is 2.26. The summed E-state index contributed by atoms with van der Waals surface area (Å²) in [5, 5.41) is 0. The fraction of sp³-hybridized carbons (Fsp3) is 1.00. The summed E-state index contributed by atoms with van der Waals surface area (Å²) in [6, 6.07) is 0. The van der Waals surface area contributed by atoms with Gasteiger partial charge in [0.15, 0.2) is 0 Å². The Balaban J connectivity index is 4.41. The van der Waals surface area contributed by atoms with Crippen LogP contribution < -0.4 is 4.72 Å². The molecule has 0 spiro atoms. The Morgan fingerprint density at radius 3 is 2.38 bits per heavy atom. The average molecular weight is 136 g/mol. The van der Waals surface area contributed by atoms with Crippen LogP contribution in [0.15, 0.2) is 4.52 Å². The predicted octanol–water partition coefficient (Wildman–Crippen LogP) is -0.239. The zero-order chi connectivity index (χ0) is 6.62. The number of nitrogens with one attached hydrogen (secondary N) is 1. The monoisotopic (exact) mass is 136 g/mol. The van der Waals surface area contributed by atoms with Crippen molar-refractivity contribution >= 4 is 10.2 Å². The molecule has 0 aromatic carbocycles. The Hall–Kier alpha value is -0.780. The molecule has 0 fully saturated rings. The molecule has 6 nitrogen and oxygen atoms in total. The highest BCUT2D eigenvalue weighted by atomic mass is 32.2. The van der Waals surface area contributed by atoms with E-state index >= 15 is 0 Å². The largest absolute Gasteiger partial charge is 0.299 e. The minimum atomic E-state index is -3.71. The molecule has 0 rings (SSSR count). The maximum atomic E-state index is 10.1. The van der Waals surface area contributed by atoms with Crippen molar-refractivity contribution in [3.05, 3.63) is 10.4 Å². The maximum Gasteiger partial charge on any atom is 0.299 e. The molecule has 0 saturated heterocycles. The van der Waals surface area contributed by atoms with Gasteiger partial charge >= 0.3 is 0 Å². The molecule has 0 amide bonds. The van der Waals surface area contributed by atoms with Crippen LogP contribution in [0.4, 0.5) is 0 Å². The van der Waals surface area contributed by atoms with Gasteiger partial charge in [-0.3, -0.25) is 0 Å². The van der Waals surface area contributed by atoms with E-state index in [4.69, 9.17) is 5.53 Å². The van der Waals surface area contributed by atoms with Crippen LogP contribution in [0.25, 0.3) is 10.4 Å². The van der Waals surface area contributed by atoms with Gasteiger partial charge in [-0.2, -0.15) is 0 Å². The number of azide groups is 1. The molecule has 0 aliphatic rings. The van der Waals surface area contributed by atoms with E-state index in [1.807, 2.05) is 0 Å². The van der Waals surface area contributed by atoms with Gasteiger partial charge < -0.3 is 0 Å². The summed E-state index contributed by atoms with van der Waals surface area (Å²) in [4.78, 5) is 2.05. The zero-order valence-corrected chi connectivity index (χ0v) is 4.88.